The van der Waals surface area contributed by atoms with E-state index in [0.717, 1.165) is 0 Å². The van der Waals surface area contributed by atoms with Crippen molar-refractivity contribution in [1.29, 1.82) is 0 Å². The molecule has 1 aliphatic rings. The van der Waals surface area contributed by atoms with Crippen LogP contribution in [0.5, 0.6) is 0 Å². The Kier molecular flexibility index (Phi) is 2.19. The SMILES string of the molecule is CC(C)C1CC(F)(F)CN1C. The first kappa shape index (κ1) is 8.91. The molecule has 0 spiro atoms. The van der Waals surface area contributed by atoms with Crippen molar-refractivity contribution in [2.24, 2.45) is 5.92 Å². The van der Waals surface area contributed by atoms with E-state index in [9.17, 15) is 8.78 Å². The largest absolute Gasteiger partial charge is 0.297 e. The minimum Gasteiger partial charge on any atom is -0.297 e. The molecule has 1 aliphatic heterocycles. The van der Waals surface area contributed by atoms with Crippen LogP contribution in [0.15, 0.2) is 0 Å². The Morgan fingerprint density at radius 2 is 2.00 bits per heavy atom. The van der Waals surface area contributed by atoms with Gasteiger partial charge in [0.25, 0.3) is 5.92 Å². The maximum Gasteiger partial charge on any atom is 0.262 e. The lowest BCUT2D eigenvalue weighted by molar-refractivity contribution is 0.0137. The van der Waals surface area contributed by atoms with Crippen LogP contribution in [0.4, 0.5) is 8.78 Å². The predicted octanol–water partition coefficient (Wildman–Crippen LogP) is 1.98. The van der Waals surface area contributed by atoms with Gasteiger partial charge in [0, 0.05) is 12.5 Å². The van der Waals surface area contributed by atoms with Crippen molar-refractivity contribution in [3.63, 3.8) is 0 Å². The Labute approximate surface area is 66.4 Å². The maximum atomic E-state index is 12.8. The van der Waals surface area contributed by atoms with Gasteiger partial charge in [-0.15, -0.1) is 0 Å². The van der Waals surface area contributed by atoms with Crippen molar-refractivity contribution >= 4 is 0 Å². The molecule has 1 saturated heterocycles. The van der Waals surface area contributed by atoms with Gasteiger partial charge in [0.1, 0.15) is 0 Å². The summed E-state index contributed by atoms with van der Waals surface area (Å²) in [5.41, 5.74) is 0. The van der Waals surface area contributed by atoms with Crippen molar-refractivity contribution in [2.45, 2.75) is 32.2 Å². The molecule has 0 saturated carbocycles. The van der Waals surface area contributed by atoms with E-state index in [1.54, 1.807) is 11.9 Å². The lowest BCUT2D eigenvalue weighted by Crippen LogP contribution is -2.29. The zero-order valence-electron chi connectivity index (χ0n) is 7.27. The van der Waals surface area contributed by atoms with Crippen LogP contribution in [-0.4, -0.2) is 30.5 Å². The maximum absolute atomic E-state index is 12.8. The minimum atomic E-state index is -2.45. The highest BCUT2D eigenvalue weighted by Crippen LogP contribution is 2.33. The van der Waals surface area contributed by atoms with Gasteiger partial charge < -0.3 is 0 Å². The molecule has 66 valence electrons. The average molecular weight is 163 g/mol. The van der Waals surface area contributed by atoms with Gasteiger partial charge in [-0.05, 0) is 13.0 Å². The standard InChI is InChI=1S/C8H15F2N/c1-6(2)7-4-8(9,10)5-11(7)3/h6-7H,4-5H2,1-3H3. The third kappa shape index (κ3) is 1.89. The second-order valence-corrected chi connectivity index (χ2v) is 3.79. The second kappa shape index (κ2) is 2.70. The summed E-state index contributed by atoms with van der Waals surface area (Å²) in [7, 11) is 1.77. The quantitative estimate of drug-likeness (QED) is 0.571. The molecule has 1 rings (SSSR count). The molecule has 0 bridgehead atoms. The summed E-state index contributed by atoms with van der Waals surface area (Å²) < 4.78 is 25.5. The van der Waals surface area contributed by atoms with E-state index in [4.69, 9.17) is 0 Å². The van der Waals surface area contributed by atoms with Gasteiger partial charge in [-0.25, -0.2) is 8.78 Å². The lowest BCUT2D eigenvalue weighted by atomic mass is 10.0. The van der Waals surface area contributed by atoms with E-state index in [0.29, 0.717) is 5.92 Å². The summed E-state index contributed by atoms with van der Waals surface area (Å²) in [5.74, 6) is -2.13. The summed E-state index contributed by atoms with van der Waals surface area (Å²) in [6.45, 7) is 3.90. The summed E-state index contributed by atoms with van der Waals surface area (Å²) in [5, 5.41) is 0. The molecule has 0 aliphatic carbocycles. The number of halogens is 2. The molecule has 1 heterocycles. The topological polar surface area (TPSA) is 3.24 Å². The zero-order chi connectivity index (χ0) is 8.65. The summed E-state index contributed by atoms with van der Waals surface area (Å²) in [6, 6.07) is 0.0602. The Hall–Kier alpha value is -0.180. The Balaban J connectivity index is 2.59. The first-order chi connectivity index (χ1) is 4.92. The molecule has 0 aromatic rings. The van der Waals surface area contributed by atoms with Crippen LogP contribution < -0.4 is 0 Å². The van der Waals surface area contributed by atoms with E-state index in [1.807, 2.05) is 13.8 Å². The number of nitrogens with zero attached hydrogens (tertiary/aromatic N) is 1. The molecule has 0 aromatic carbocycles. The normalized spacial score (nSPS) is 31.6. The third-order valence-corrected chi connectivity index (χ3v) is 2.32. The molecule has 1 nitrogen and oxygen atoms in total. The van der Waals surface area contributed by atoms with Crippen LogP contribution in [0.1, 0.15) is 20.3 Å². The van der Waals surface area contributed by atoms with Crippen LogP contribution >= 0.6 is 0 Å². The molecule has 0 radical (unpaired) electrons. The molecule has 3 heteroatoms. The predicted molar refractivity (Wildman–Crippen MR) is 40.8 cm³/mol. The van der Waals surface area contributed by atoms with E-state index >= 15 is 0 Å². The molecule has 0 aromatic heterocycles. The van der Waals surface area contributed by atoms with Crippen LogP contribution in [0.25, 0.3) is 0 Å². The summed E-state index contributed by atoms with van der Waals surface area (Å²) in [4.78, 5) is 1.75. The summed E-state index contributed by atoms with van der Waals surface area (Å²) >= 11 is 0. The number of hydrogen-bond acceptors (Lipinski definition) is 1. The van der Waals surface area contributed by atoms with Crippen molar-refractivity contribution in [2.75, 3.05) is 13.6 Å². The number of rotatable bonds is 1. The van der Waals surface area contributed by atoms with E-state index in [1.165, 1.54) is 0 Å². The number of alkyl halides is 2. The van der Waals surface area contributed by atoms with Gasteiger partial charge in [0.2, 0.25) is 0 Å². The number of likely N-dealkylation sites (tertiary alicyclic amines) is 1. The molecular weight excluding hydrogens is 148 g/mol. The fourth-order valence-corrected chi connectivity index (χ4v) is 1.75. The lowest BCUT2D eigenvalue weighted by Gasteiger charge is -2.21. The first-order valence-corrected chi connectivity index (χ1v) is 4.00. The summed E-state index contributed by atoms with van der Waals surface area (Å²) in [6.07, 6.45) is 0.0289. The van der Waals surface area contributed by atoms with Crippen molar-refractivity contribution in [1.82, 2.24) is 4.90 Å². The van der Waals surface area contributed by atoms with E-state index in [2.05, 4.69) is 0 Å². The Bertz CT molecular complexity index is 145. The molecule has 1 atom stereocenters. The van der Waals surface area contributed by atoms with Gasteiger partial charge in [0.05, 0.1) is 6.54 Å². The molecular formula is C8H15F2N. The first-order valence-electron chi connectivity index (χ1n) is 4.00. The van der Waals surface area contributed by atoms with Crippen molar-refractivity contribution in [3.05, 3.63) is 0 Å². The average Bonchev–Trinajstić information content (AvgIpc) is 2.05. The fourth-order valence-electron chi connectivity index (χ4n) is 1.75. The van der Waals surface area contributed by atoms with E-state index < -0.39 is 5.92 Å². The molecule has 1 unspecified atom stereocenters. The molecule has 1 fully saturated rings. The second-order valence-electron chi connectivity index (χ2n) is 3.79. The van der Waals surface area contributed by atoms with E-state index in [-0.39, 0.29) is 19.0 Å². The highest BCUT2D eigenvalue weighted by atomic mass is 19.3. The van der Waals surface area contributed by atoms with Crippen LogP contribution in [-0.2, 0) is 0 Å². The van der Waals surface area contributed by atoms with Crippen LogP contribution in [0, 0.1) is 5.92 Å². The van der Waals surface area contributed by atoms with Gasteiger partial charge in [-0.2, -0.15) is 0 Å². The highest BCUT2D eigenvalue weighted by molar-refractivity contribution is 4.89. The van der Waals surface area contributed by atoms with Crippen LogP contribution in [0.3, 0.4) is 0 Å². The molecule has 0 N–H and O–H groups in total. The number of hydrogen-bond donors (Lipinski definition) is 0. The molecule has 0 amide bonds. The van der Waals surface area contributed by atoms with Crippen molar-refractivity contribution in [3.8, 4) is 0 Å². The van der Waals surface area contributed by atoms with Gasteiger partial charge in [-0.3, -0.25) is 4.90 Å². The zero-order valence-corrected chi connectivity index (χ0v) is 7.27. The minimum absolute atomic E-state index is 0.0289. The Morgan fingerprint density at radius 1 is 1.45 bits per heavy atom. The highest BCUT2D eigenvalue weighted by Gasteiger charge is 2.43. The van der Waals surface area contributed by atoms with Crippen molar-refractivity contribution < 1.29 is 8.78 Å². The third-order valence-electron chi connectivity index (χ3n) is 2.32. The fraction of sp³-hybridized carbons (Fsp3) is 1.00. The monoisotopic (exact) mass is 163 g/mol. The van der Waals surface area contributed by atoms with Gasteiger partial charge in [-0.1, -0.05) is 13.8 Å². The van der Waals surface area contributed by atoms with Gasteiger partial charge in [0.15, 0.2) is 0 Å². The Morgan fingerprint density at radius 3 is 2.18 bits per heavy atom. The van der Waals surface area contributed by atoms with Crippen LogP contribution in [0.2, 0.25) is 0 Å². The molecule has 11 heavy (non-hydrogen) atoms. The smallest absolute Gasteiger partial charge is 0.262 e. The van der Waals surface area contributed by atoms with Gasteiger partial charge >= 0.3 is 0 Å².